The first-order valence-corrected chi connectivity index (χ1v) is 18.6. The molecule has 0 amide bonds. The molecule has 0 bridgehead atoms. The largest absolute Gasteiger partial charge is 0.674 e. The van der Waals surface area contributed by atoms with Gasteiger partial charge in [-0.1, -0.05) is 204 Å². The van der Waals surface area contributed by atoms with Crippen molar-refractivity contribution < 1.29 is 15.4 Å². The van der Waals surface area contributed by atoms with Crippen molar-refractivity contribution in [3.05, 3.63) is 203 Å². The number of benzene rings is 8. The third-order valence-electron chi connectivity index (χ3n) is 10.2. The molecule has 2 aliphatic rings. The van der Waals surface area contributed by atoms with E-state index < -0.39 is 0 Å². The van der Waals surface area contributed by atoms with Crippen molar-refractivity contribution >= 4 is 43.0 Å². The molecule has 0 aromatic heterocycles. The van der Waals surface area contributed by atoms with Crippen LogP contribution in [0.2, 0.25) is 0 Å². The van der Waals surface area contributed by atoms with Crippen LogP contribution in [-0.4, -0.2) is 0 Å². The Bertz CT molecular complexity index is 2290. The van der Waals surface area contributed by atoms with Crippen LogP contribution in [-0.2, 0) is 15.4 Å². The Morgan fingerprint density at radius 2 is 0.640 bits per heavy atom. The van der Waals surface area contributed by atoms with Crippen molar-refractivity contribution in [3.8, 4) is 33.4 Å². The van der Waals surface area contributed by atoms with Gasteiger partial charge in [0.25, 0.3) is 0 Å². The van der Waals surface area contributed by atoms with Crippen molar-refractivity contribution in [1.82, 2.24) is 0 Å². The van der Waals surface area contributed by atoms with Gasteiger partial charge in [-0.15, -0.1) is 11.4 Å². The van der Waals surface area contributed by atoms with Gasteiger partial charge in [-0.2, -0.15) is 0 Å². The molecule has 0 heterocycles. The van der Waals surface area contributed by atoms with Gasteiger partial charge in [0.05, 0.1) is 0 Å². The number of rotatable bonds is 5. The van der Waals surface area contributed by atoms with E-state index in [9.17, 15) is 0 Å². The van der Waals surface area contributed by atoms with Crippen LogP contribution in [0.4, 0.5) is 11.4 Å². The molecule has 237 valence electrons. The van der Waals surface area contributed by atoms with Crippen molar-refractivity contribution in [2.45, 2.75) is 12.1 Å². The molecule has 0 unspecified atom stereocenters. The van der Waals surface area contributed by atoms with Gasteiger partial charge in [-0.3, -0.25) is 0 Å². The predicted octanol–water partition coefficient (Wildman–Crippen LogP) is 13.9. The summed E-state index contributed by atoms with van der Waals surface area (Å²) in [6.07, 6.45) is 0. The first-order chi connectivity index (χ1) is 24.8. The Kier molecular flexibility index (Phi) is 7.91. The zero-order valence-electron chi connectivity index (χ0n) is 27.0. The van der Waals surface area contributed by atoms with E-state index in [2.05, 4.69) is 195 Å². The number of nitrogens with zero attached hydrogens (tertiary/aromatic N) is 2. The fourth-order valence-corrected chi connectivity index (χ4v) is 8.08. The normalized spacial score (nSPS) is 12.8. The summed E-state index contributed by atoms with van der Waals surface area (Å²) in [5, 5.41) is 16.1. The van der Waals surface area contributed by atoms with Gasteiger partial charge in [0.15, 0.2) is 0 Å². The topological polar surface area (TPSA) is 28.2 Å². The van der Waals surface area contributed by atoms with E-state index in [1.165, 1.54) is 66.1 Å². The molecule has 8 aromatic carbocycles. The molecular formula is C46H30ClCrN2. The van der Waals surface area contributed by atoms with Crippen molar-refractivity contribution in [3.63, 3.8) is 0 Å². The van der Waals surface area contributed by atoms with Gasteiger partial charge >= 0.3 is 25.4 Å². The maximum atomic E-state index is 5.68. The Balaban J connectivity index is 0.00000165. The quantitative estimate of drug-likeness (QED) is 0.171. The maximum absolute atomic E-state index is 5.68. The second-order valence-electron chi connectivity index (χ2n) is 12.8. The molecule has 0 N–H and O–H groups in total. The number of fused-ring (bicyclic) bond motifs is 8. The average Bonchev–Trinajstić information content (AvgIpc) is 3.68. The number of halogens is 1. The molecule has 2 aliphatic carbocycles. The summed E-state index contributed by atoms with van der Waals surface area (Å²) in [7, 11) is 4.51. The van der Waals surface area contributed by atoms with Crippen LogP contribution in [0.1, 0.15) is 34.3 Å². The summed E-state index contributed by atoms with van der Waals surface area (Å²) in [5.41, 5.74) is 14.3. The Labute approximate surface area is 305 Å². The predicted molar refractivity (Wildman–Crippen MR) is 206 cm³/mol. The molecule has 0 saturated carbocycles. The summed E-state index contributed by atoms with van der Waals surface area (Å²) in [4.78, 5) is 0. The average molecular weight is 698 g/mol. The molecule has 0 aliphatic heterocycles. The number of hydrogen-bond acceptors (Lipinski definition) is 0. The summed E-state index contributed by atoms with van der Waals surface area (Å²) < 4.78 is 0. The third kappa shape index (κ3) is 4.93. The van der Waals surface area contributed by atoms with E-state index in [1.807, 2.05) is 0 Å². The summed E-state index contributed by atoms with van der Waals surface area (Å²) in [5.74, 6) is 0. The van der Waals surface area contributed by atoms with Crippen LogP contribution in [0.25, 0.3) is 65.6 Å². The van der Waals surface area contributed by atoms with Crippen molar-refractivity contribution in [1.29, 1.82) is 0 Å². The SMILES string of the molecule is [Cl][Cr+2].c1ccc2c(c1)-c1ccccc1C2[N-]c1ccc2ccccc2c1-c1c([N-]C2c3ccccc3-c3ccccc32)ccc2ccccc12. The molecular weight excluding hydrogens is 668 g/mol. The Morgan fingerprint density at radius 3 is 1.00 bits per heavy atom. The minimum absolute atomic E-state index is 0.0961. The van der Waals surface area contributed by atoms with E-state index in [-0.39, 0.29) is 12.1 Å². The van der Waals surface area contributed by atoms with Crippen LogP contribution in [0.3, 0.4) is 0 Å². The zero-order chi connectivity index (χ0) is 33.6. The maximum Gasteiger partial charge on any atom is -0.0118 e. The minimum Gasteiger partial charge on any atom is -0.674 e. The third-order valence-corrected chi connectivity index (χ3v) is 10.2. The Hall–Kier alpha value is -5.30. The van der Waals surface area contributed by atoms with E-state index in [0.717, 1.165) is 22.5 Å². The van der Waals surface area contributed by atoms with Gasteiger partial charge in [0.1, 0.15) is 0 Å². The summed E-state index contributed by atoms with van der Waals surface area (Å²) in [6.45, 7) is 0. The smallest absolute Gasteiger partial charge is 0.0118 e. The van der Waals surface area contributed by atoms with E-state index in [4.69, 9.17) is 10.6 Å². The van der Waals surface area contributed by atoms with Crippen LogP contribution in [0.5, 0.6) is 0 Å². The van der Waals surface area contributed by atoms with Gasteiger partial charge < -0.3 is 10.6 Å². The van der Waals surface area contributed by atoms with Crippen molar-refractivity contribution in [2.24, 2.45) is 0 Å². The molecule has 8 aromatic rings. The second-order valence-corrected chi connectivity index (χ2v) is 12.8. The molecule has 0 atom stereocenters. The van der Waals surface area contributed by atoms with Gasteiger partial charge in [-0.25, -0.2) is 0 Å². The first kappa shape index (κ1) is 30.7. The monoisotopic (exact) mass is 697 g/mol. The summed E-state index contributed by atoms with van der Waals surface area (Å²) >= 11 is 2.10. The molecule has 0 saturated heterocycles. The molecule has 0 radical (unpaired) electrons. The van der Waals surface area contributed by atoms with Gasteiger partial charge in [-0.05, 0) is 54.9 Å². The molecule has 10 rings (SSSR count). The van der Waals surface area contributed by atoms with E-state index in [0.29, 0.717) is 0 Å². The molecule has 0 spiro atoms. The van der Waals surface area contributed by atoms with Crippen LogP contribution in [0, 0.1) is 0 Å². The minimum atomic E-state index is -0.0961. The van der Waals surface area contributed by atoms with E-state index >= 15 is 0 Å². The van der Waals surface area contributed by atoms with Crippen LogP contribution >= 0.6 is 10.0 Å². The number of hydrogen-bond donors (Lipinski definition) is 0. The molecule has 2 nitrogen and oxygen atoms in total. The van der Waals surface area contributed by atoms with Crippen LogP contribution < -0.4 is 0 Å². The molecule has 4 heteroatoms. The first-order valence-electron chi connectivity index (χ1n) is 16.8. The fraction of sp³-hybridized carbons (Fsp3) is 0.0435. The van der Waals surface area contributed by atoms with Crippen molar-refractivity contribution in [2.75, 3.05) is 0 Å². The second kappa shape index (κ2) is 12.9. The molecule has 50 heavy (non-hydrogen) atoms. The standard InChI is InChI=1S/C46H30N2.ClH.Cr/c1-3-15-31-29(13-1)25-27-41(47-45-37-21-9-5-17-33(37)34-18-6-10-22-38(34)45)43(31)44-32-16-4-2-14-30(32)26-28-42(44)48-46-39-23-11-7-19-35(39)36-20-8-12-24-40(36)46;;/h1-28,45-46H;1H;/q-2;;+3/p-1. The zero-order valence-corrected chi connectivity index (χ0v) is 29.0. The van der Waals surface area contributed by atoms with Gasteiger partial charge in [0, 0.05) is 0 Å². The fourth-order valence-electron chi connectivity index (χ4n) is 8.08. The summed E-state index contributed by atoms with van der Waals surface area (Å²) in [6, 6.07) is 61.0. The van der Waals surface area contributed by atoms with Gasteiger partial charge in [0.2, 0.25) is 0 Å². The van der Waals surface area contributed by atoms with E-state index in [1.54, 1.807) is 0 Å². The van der Waals surface area contributed by atoms with Crippen LogP contribution in [0.15, 0.2) is 170 Å². The molecule has 0 fully saturated rings. The Morgan fingerprint density at radius 1 is 0.340 bits per heavy atom.